The zero-order valence-electron chi connectivity index (χ0n) is 17.9. The third-order valence-electron chi connectivity index (χ3n) is 6.72. The van der Waals surface area contributed by atoms with Gasteiger partial charge in [0.25, 0.3) is 0 Å². The largest absolute Gasteiger partial charge is 0.460 e. The molecule has 4 saturated carbocycles. The summed E-state index contributed by atoms with van der Waals surface area (Å²) < 4.78 is 156. The lowest BCUT2D eigenvalue weighted by atomic mass is 9.52. The Kier molecular flexibility index (Phi) is 6.05. The number of carbonyl (C=O) groups is 2. The predicted octanol–water partition coefficient (Wildman–Crippen LogP) is 5.84. The highest BCUT2D eigenvalue weighted by Gasteiger charge is 2.89. The Labute approximate surface area is 190 Å². The molecule has 4 aliphatic carbocycles. The van der Waals surface area contributed by atoms with Crippen molar-refractivity contribution in [1.82, 2.24) is 0 Å². The van der Waals surface area contributed by atoms with E-state index in [-0.39, 0.29) is 31.3 Å². The van der Waals surface area contributed by atoms with Crippen LogP contribution in [0.1, 0.15) is 45.4 Å². The zero-order chi connectivity index (χ0) is 27.0. The fourth-order valence-corrected chi connectivity index (χ4v) is 5.58. The summed E-state index contributed by atoms with van der Waals surface area (Å²) in [5.74, 6) is -34.6. The van der Waals surface area contributed by atoms with Gasteiger partial charge in [0.2, 0.25) is 0 Å². The molecule has 4 nitrogen and oxygen atoms in total. The molecule has 0 amide bonds. The van der Waals surface area contributed by atoms with E-state index < -0.39 is 71.3 Å². The summed E-state index contributed by atoms with van der Waals surface area (Å²) in [5.41, 5.74) is -3.41. The number of halogens is 11. The van der Waals surface area contributed by atoms with Crippen molar-refractivity contribution in [3.63, 3.8) is 0 Å². The smallest absolute Gasteiger partial charge is 0.456 e. The van der Waals surface area contributed by atoms with Gasteiger partial charge >= 0.3 is 41.8 Å². The van der Waals surface area contributed by atoms with E-state index in [1.807, 2.05) is 0 Å². The summed E-state index contributed by atoms with van der Waals surface area (Å²) >= 11 is 0. The topological polar surface area (TPSA) is 52.6 Å². The highest BCUT2D eigenvalue weighted by molar-refractivity contribution is 5.87. The van der Waals surface area contributed by atoms with Crippen molar-refractivity contribution < 1.29 is 67.4 Å². The average Bonchev–Trinajstić information content (AvgIpc) is 2.64. The Balaban J connectivity index is 1.89. The molecule has 0 aromatic heterocycles. The summed E-state index contributed by atoms with van der Waals surface area (Å²) in [6.45, 7) is 4.69. The van der Waals surface area contributed by atoms with Gasteiger partial charge in [0.05, 0.1) is 0 Å². The lowest BCUT2D eigenvalue weighted by Crippen LogP contribution is -2.69. The van der Waals surface area contributed by atoms with Gasteiger partial charge in [0.15, 0.2) is 0 Å². The van der Waals surface area contributed by atoms with Gasteiger partial charge < -0.3 is 9.47 Å². The summed E-state index contributed by atoms with van der Waals surface area (Å²) in [6.07, 6.45) is -7.37. The van der Waals surface area contributed by atoms with E-state index in [9.17, 15) is 57.9 Å². The molecule has 0 radical (unpaired) electrons. The van der Waals surface area contributed by atoms with Crippen molar-refractivity contribution in [3.8, 4) is 0 Å². The normalized spacial score (nSPS) is 31.3. The van der Waals surface area contributed by atoms with Crippen molar-refractivity contribution in [1.29, 1.82) is 0 Å². The molecule has 0 heterocycles. The van der Waals surface area contributed by atoms with E-state index in [0.717, 1.165) is 0 Å². The standard InChI is InChI=1S/C20H19F11O4/c1-9(2)12(32)34-14-4-10-3-11(5-14)7-15(6-10,8-14)35-13(33)16(21,22)17(23,24)18(25,26)19(27,28)20(29,30)31/h10-11H,1,3-8H2,2H3. The molecule has 2 unspecified atom stereocenters. The lowest BCUT2D eigenvalue weighted by Gasteiger charge is -2.60. The molecule has 0 aliphatic heterocycles. The van der Waals surface area contributed by atoms with Crippen molar-refractivity contribution in [3.05, 3.63) is 12.2 Å². The van der Waals surface area contributed by atoms with E-state index in [1.165, 1.54) is 6.92 Å². The van der Waals surface area contributed by atoms with Gasteiger partial charge in [-0.05, 0) is 50.9 Å². The molecule has 15 heteroatoms. The first-order valence-corrected chi connectivity index (χ1v) is 10.2. The van der Waals surface area contributed by atoms with Crippen molar-refractivity contribution in [2.45, 2.75) is 86.5 Å². The second kappa shape index (κ2) is 7.70. The number of carbonyl (C=O) groups excluding carboxylic acids is 2. The third kappa shape index (κ3) is 4.05. The average molecular weight is 532 g/mol. The van der Waals surface area contributed by atoms with Crippen molar-refractivity contribution in [2.75, 3.05) is 0 Å². The Bertz CT molecular complexity index is 911. The van der Waals surface area contributed by atoms with Gasteiger partial charge in [-0.15, -0.1) is 0 Å². The molecule has 0 N–H and O–H groups in total. The highest BCUT2D eigenvalue weighted by atomic mass is 19.4. The molecule has 0 aromatic carbocycles. The van der Waals surface area contributed by atoms with Crippen molar-refractivity contribution in [2.24, 2.45) is 11.8 Å². The highest BCUT2D eigenvalue weighted by Crippen LogP contribution is 2.62. The Morgan fingerprint density at radius 3 is 1.57 bits per heavy atom. The number of esters is 2. The van der Waals surface area contributed by atoms with Crippen LogP contribution in [-0.2, 0) is 19.1 Å². The first-order valence-electron chi connectivity index (χ1n) is 10.2. The Morgan fingerprint density at radius 1 is 0.743 bits per heavy atom. The van der Waals surface area contributed by atoms with Crippen LogP contribution in [0.5, 0.6) is 0 Å². The van der Waals surface area contributed by atoms with Crippen molar-refractivity contribution >= 4 is 11.9 Å². The van der Waals surface area contributed by atoms with Crippen LogP contribution in [-0.4, -0.2) is 53.0 Å². The van der Waals surface area contributed by atoms with E-state index in [0.29, 0.717) is 6.42 Å². The summed E-state index contributed by atoms with van der Waals surface area (Å²) in [7, 11) is 0. The number of hydrogen-bond donors (Lipinski definition) is 0. The van der Waals surface area contributed by atoms with Crippen LogP contribution >= 0.6 is 0 Å². The Morgan fingerprint density at radius 2 is 1.17 bits per heavy atom. The molecule has 2 atom stereocenters. The van der Waals surface area contributed by atoms with E-state index in [4.69, 9.17) is 4.74 Å². The van der Waals surface area contributed by atoms with Crippen LogP contribution in [0.3, 0.4) is 0 Å². The first-order chi connectivity index (χ1) is 15.5. The maximum atomic E-state index is 14.2. The number of hydrogen-bond acceptors (Lipinski definition) is 4. The summed E-state index contributed by atoms with van der Waals surface area (Å²) in [5, 5.41) is 0. The monoisotopic (exact) mass is 532 g/mol. The minimum absolute atomic E-state index is 0.0363. The number of rotatable bonds is 7. The number of ether oxygens (including phenoxy) is 2. The van der Waals surface area contributed by atoms with Gasteiger partial charge in [-0.25, -0.2) is 9.59 Å². The molecular formula is C20H19F11O4. The molecule has 4 aliphatic rings. The molecular weight excluding hydrogens is 513 g/mol. The lowest BCUT2D eigenvalue weighted by molar-refractivity contribution is -0.419. The van der Waals surface area contributed by atoms with Crippen LogP contribution in [0.4, 0.5) is 48.3 Å². The molecule has 0 spiro atoms. The van der Waals surface area contributed by atoms with Crippen LogP contribution in [0.25, 0.3) is 0 Å². The van der Waals surface area contributed by atoms with E-state index in [1.54, 1.807) is 0 Å². The predicted molar refractivity (Wildman–Crippen MR) is 93.0 cm³/mol. The van der Waals surface area contributed by atoms with Gasteiger partial charge in [-0.1, -0.05) is 6.58 Å². The Hall–Kier alpha value is -2.09. The molecule has 0 aromatic rings. The summed E-state index contributed by atoms with van der Waals surface area (Å²) in [4.78, 5) is 24.1. The van der Waals surface area contributed by atoms with E-state index in [2.05, 4.69) is 11.3 Å². The maximum absolute atomic E-state index is 14.2. The van der Waals surface area contributed by atoms with Gasteiger partial charge in [0, 0.05) is 12.0 Å². The molecule has 4 bridgehead atoms. The van der Waals surface area contributed by atoms with Gasteiger partial charge in [-0.2, -0.15) is 48.3 Å². The first kappa shape index (κ1) is 27.5. The third-order valence-corrected chi connectivity index (χ3v) is 6.72. The van der Waals surface area contributed by atoms with Crippen LogP contribution in [0, 0.1) is 11.8 Å². The minimum Gasteiger partial charge on any atom is -0.456 e. The quantitative estimate of drug-likeness (QED) is 0.235. The van der Waals surface area contributed by atoms with Crippen LogP contribution in [0.15, 0.2) is 12.2 Å². The second-order valence-electron chi connectivity index (χ2n) is 9.68. The second-order valence-corrected chi connectivity index (χ2v) is 9.68. The minimum atomic E-state index is -7.71. The van der Waals surface area contributed by atoms with Crippen LogP contribution < -0.4 is 0 Å². The van der Waals surface area contributed by atoms with Gasteiger partial charge in [0.1, 0.15) is 11.2 Å². The molecule has 35 heavy (non-hydrogen) atoms. The maximum Gasteiger partial charge on any atom is 0.460 e. The fraction of sp³-hybridized carbons (Fsp3) is 0.800. The number of alkyl halides is 11. The molecule has 0 saturated heterocycles. The fourth-order valence-electron chi connectivity index (χ4n) is 5.58. The molecule has 200 valence electrons. The zero-order valence-corrected chi connectivity index (χ0v) is 17.9. The van der Waals surface area contributed by atoms with Crippen LogP contribution in [0.2, 0.25) is 0 Å². The molecule has 4 fully saturated rings. The SMILES string of the molecule is C=C(C)C(=O)OC12CC3CC(C1)CC(OC(=O)C(F)(F)C(F)(F)C(F)(F)C(F)(F)C(F)(F)F)(C3)C2. The van der Waals surface area contributed by atoms with Gasteiger partial charge in [-0.3, -0.25) is 0 Å². The summed E-state index contributed by atoms with van der Waals surface area (Å²) in [6, 6.07) is 0. The van der Waals surface area contributed by atoms with E-state index >= 15 is 0 Å². The molecule has 4 rings (SSSR count).